The highest BCUT2D eigenvalue weighted by atomic mass is 16.6. The van der Waals surface area contributed by atoms with Crippen LogP contribution in [-0.4, -0.2) is 46.5 Å². The molecular weight excluding hydrogens is 262 g/mol. The Bertz CT molecular complexity index is 486. The predicted octanol–water partition coefficient (Wildman–Crippen LogP) is 1.11. The van der Waals surface area contributed by atoms with Crippen molar-refractivity contribution in [3.05, 3.63) is 11.1 Å². The smallest absolute Gasteiger partial charge is 0.336 e. The summed E-state index contributed by atoms with van der Waals surface area (Å²) in [5, 5.41) is 9.31. The number of rotatable bonds is 3. The van der Waals surface area contributed by atoms with Gasteiger partial charge in [0.25, 0.3) is 0 Å². The Labute approximate surface area is 117 Å². The molecule has 1 spiro atoms. The van der Waals surface area contributed by atoms with E-state index in [1.807, 2.05) is 6.92 Å². The van der Waals surface area contributed by atoms with E-state index in [1.165, 1.54) is 6.92 Å². The lowest BCUT2D eigenvalue weighted by molar-refractivity contribution is -0.153. The SMILES string of the molecule is CCCC(=O)N1CCC2(CC1)OC(=O)C(C)=C2C(=O)O. The second kappa shape index (κ2) is 5.26. The number of hydrogen-bond acceptors (Lipinski definition) is 4. The number of carboxylic acid groups (broad SMARTS) is 1. The summed E-state index contributed by atoms with van der Waals surface area (Å²) in [5.41, 5.74) is -0.813. The third kappa shape index (κ3) is 2.30. The minimum Gasteiger partial charge on any atom is -0.478 e. The Morgan fingerprint density at radius 2 is 1.95 bits per heavy atom. The van der Waals surface area contributed by atoms with Crippen LogP contribution in [0.2, 0.25) is 0 Å². The van der Waals surface area contributed by atoms with Crippen molar-refractivity contribution in [3.8, 4) is 0 Å². The number of carbonyl (C=O) groups excluding carboxylic acids is 2. The van der Waals surface area contributed by atoms with Gasteiger partial charge in [0.1, 0.15) is 5.60 Å². The first kappa shape index (κ1) is 14.6. The lowest BCUT2D eigenvalue weighted by Crippen LogP contribution is -2.49. The highest BCUT2D eigenvalue weighted by Gasteiger charge is 2.51. The van der Waals surface area contributed by atoms with Crippen molar-refractivity contribution in [1.82, 2.24) is 4.90 Å². The summed E-state index contributed by atoms with van der Waals surface area (Å²) in [6.07, 6.45) is 1.99. The molecule has 0 saturated carbocycles. The highest BCUT2D eigenvalue weighted by molar-refractivity contribution is 6.04. The van der Waals surface area contributed by atoms with Crippen molar-refractivity contribution in [2.24, 2.45) is 0 Å². The number of carboxylic acids is 1. The fourth-order valence-electron chi connectivity index (χ4n) is 2.95. The number of likely N-dealkylation sites (tertiary alicyclic amines) is 1. The molecule has 6 heteroatoms. The van der Waals surface area contributed by atoms with Gasteiger partial charge >= 0.3 is 11.9 Å². The van der Waals surface area contributed by atoms with Crippen LogP contribution in [0.15, 0.2) is 11.1 Å². The van der Waals surface area contributed by atoms with E-state index in [1.54, 1.807) is 4.90 Å². The van der Waals surface area contributed by atoms with Gasteiger partial charge in [0.2, 0.25) is 5.91 Å². The fraction of sp³-hybridized carbons (Fsp3) is 0.643. The summed E-state index contributed by atoms with van der Waals surface area (Å²) in [7, 11) is 0. The van der Waals surface area contributed by atoms with E-state index in [4.69, 9.17) is 4.74 Å². The van der Waals surface area contributed by atoms with Gasteiger partial charge < -0.3 is 14.7 Å². The minimum absolute atomic E-state index is 0.0603. The molecule has 2 heterocycles. The molecule has 110 valence electrons. The summed E-state index contributed by atoms with van der Waals surface area (Å²) in [6, 6.07) is 0. The zero-order valence-electron chi connectivity index (χ0n) is 11.8. The van der Waals surface area contributed by atoms with E-state index < -0.39 is 17.5 Å². The van der Waals surface area contributed by atoms with E-state index >= 15 is 0 Å². The second-order valence-electron chi connectivity index (χ2n) is 5.32. The maximum Gasteiger partial charge on any atom is 0.336 e. The maximum atomic E-state index is 11.8. The molecule has 1 amide bonds. The van der Waals surface area contributed by atoms with E-state index in [2.05, 4.69) is 0 Å². The third-order valence-corrected chi connectivity index (χ3v) is 4.03. The highest BCUT2D eigenvalue weighted by Crippen LogP contribution is 2.41. The molecule has 0 unspecified atom stereocenters. The van der Waals surface area contributed by atoms with E-state index in [9.17, 15) is 19.5 Å². The van der Waals surface area contributed by atoms with Gasteiger partial charge in [-0.25, -0.2) is 9.59 Å². The molecule has 1 N–H and O–H groups in total. The summed E-state index contributed by atoms with van der Waals surface area (Å²) in [5.74, 6) is -1.60. The zero-order chi connectivity index (χ0) is 14.9. The van der Waals surface area contributed by atoms with Crippen LogP contribution in [0, 0.1) is 0 Å². The number of aliphatic carboxylic acids is 1. The first-order chi connectivity index (χ1) is 9.41. The molecule has 2 aliphatic rings. The minimum atomic E-state index is -1.11. The van der Waals surface area contributed by atoms with Gasteiger partial charge in [-0.05, 0) is 13.3 Å². The number of piperidine rings is 1. The van der Waals surface area contributed by atoms with E-state index in [-0.39, 0.29) is 17.1 Å². The van der Waals surface area contributed by atoms with Crippen molar-refractivity contribution in [2.75, 3.05) is 13.1 Å². The lowest BCUT2D eigenvalue weighted by atomic mass is 9.83. The molecule has 20 heavy (non-hydrogen) atoms. The van der Waals surface area contributed by atoms with Gasteiger partial charge in [-0.3, -0.25) is 4.79 Å². The first-order valence-electron chi connectivity index (χ1n) is 6.87. The predicted molar refractivity (Wildman–Crippen MR) is 69.9 cm³/mol. The molecule has 2 rings (SSSR count). The van der Waals surface area contributed by atoms with Gasteiger partial charge in [0.05, 0.1) is 5.57 Å². The van der Waals surface area contributed by atoms with Crippen LogP contribution in [0.3, 0.4) is 0 Å². The molecule has 0 atom stereocenters. The molecule has 1 saturated heterocycles. The van der Waals surface area contributed by atoms with Crippen LogP contribution in [0.25, 0.3) is 0 Å². The Kier molecular flexibility index (Phi) is 3.83. The average Bonchev–Trinajstić information content (AvgIpc) is 2.62. The molecule has 0 aliphatic carbocycles. The van der Waals surface area contributed by atoms with Gasteiger partial charge in [0, 0.05) is 37.9 Å². The van der Waals surface area contributed by atoms with Crippen LogP contribution >= 0.6 is 0 Å². The molecule has 0 radical (unpaired) electrons. The summed E-state index contributed by atoms with van der Waals surface area (Å²) in [4.78, 5) is 36.6. The molecule has 0 bridgehead atoms. The van der Waals surface area contributed by atoms with Crippen molar-refractivity contribution in [3.63, 3.8) is 0 Å². The number of carbonyl (C=O) groups is 3. The van der Waals surface area contributed by atoms with Crippen molar-refractivity contribution < 1.29 is 24.2 Å². The Hall–Kier alpha value is -1.85. The molecule has 0 aromatic heterocycles. The van der Waals surface area contributed by atoms with Crippen LogP contribution < -0.4 is 0 Å². The third-order valence-electron chi connectivity index (χ3n) is 4.03. The largest absolute Gasteiger partial charge is 0.478 e. The molecule has 0 aromatic carbocycles. The molecular formula is C14H19NO5. The van der Waals surface area contributed by atoms with Gasteiger partial charge in [-0.15, -0.1) is 0 Å². The normalized spacial score (nSPS) is 21.3. The summed E-state index contributed by atoms with van der Waals surface area (Å²) >= 11 is 0. The summed E-state index contributed by atoms with van der Waals surface area (Å²) in [6.45, 7) is 4.28. The second-order valence-corrected chi connectivity index (χ2v) is 5.32. The number of hydrogen-bond donors (Lipinski definition) is 1. The average molecular weight is 281 g/mol. The number of nitrogens with zero attached hydrogens (tertiary/aromatic N) is 1. The van der Waals surface area contributed by atoms with E-state index in [0.717, 1.165) is 6.42 Å². The van der Waals surface area contributed by atoms with Crippen LogP contribution in [-0.2, 0) is 19.1 Å². The van der Waals surface area contributed by atoms with Gasteiger partial charge in [-0.1, -0.05) is 6.92 Å². The lowest BCUT2D eigenvalue weighted by Gasteiger charge is -2.38. The molecule has 0 aromatic rings. The maximum absolute atomic E-state index is 11.8. The molecule has 6 nitrogen and oxygen atoms in total. The Balaban J connectivity index is 2.15. The van der Waals surface area contributed by atoms with E-state index in [0.29, 0.717) is 32.4 Å². The quantitative estimate of drug-likeness (QED) is 0.783. The Morgan fingerprint density at radius 1 is 1.35 bits per heavy atom. The topological polar surface area (TPSA) is 83.9 Å². The van der Waals surface area contributed by atoms with Gasteiger partial charge in [0.15, 0.2) is 0 Å². The Morgan fingerprint density at radius 3 is 2.45 bits per heavy atom. The van der Waals surface area contributed by atoms with Crippen molar-refractivity contribution in [2.45, 2.75) is 45.1 Å². The van der Waals surface area contributed by atoms with Crippen LogP contribution in [0.1, 0.15) is 39.5 Å². The first-order valence-corrected chi connectivity index (χ1v) is 6.87. The standard InChI is InChI=1S/C14H19NO5/c1-3-4-10(16)15-7-5-14(6-8-15)11(12(17)18)9(2)13(19)20-14/h3-8H2,1-2H3,(H,17,18). The summed E-state index contributed by atoms with van der Waals surface area (Å²) < 4.78 is 5.33. The number of ether oxygens (including phenoxy) is 1. The number of esters is 1. The van der Waals surface area contributed by atoms with Crippen LogP contribution in [0.4, 0.5) is 0 Å². The zero-order valence-corrected chi connectivity index (χ0v) is 11.8. The number of amides is 1. The monoisotopic (exact) mass is 281 g/mol. The fourth-order valence-corrected chi connectivity index (χ4v) is 2.95. The van der Waals surface area contributed by atoms with Crippen molar-refractivity contribution >= 4 is 17.8 Å². The van der Waals surface area contributed by atoms with Crippen LogP contribution in [0.5, 0.6) is 0 Å². The molecule has 2 aliphatic heterocycles. The van der Waals surface area contributed by atoms with Crippen molar-refractivity contribution in [1.29, 1.82) is 0 Å². The molecule has 1 fully saturated rings. The van der Waals surface area contributed by atoms with Gasteiger partial charge in [-0.2, -0.15) is 0 Å².